The van der Waals surface area contributed by atoms with Gasteiger partial charge in [0.1, 0.15) is 0 Å². The van der Waals surface area contributed by atoms with Crippen molar-refractivity contribution in [1.29, 1.82) is 0 Å². The predicted octanol–water partition coefficient (Wildman–Crippen LogP) is 1.69. The van der Waals surface area contributed by atoms with Gasteiger partial charge in [0.2, 0.25) is 0 Å². The monoisotopic (exact) mass is 226 g/mol. The summed E-state index contributed by atoms with van der Waals surface area (Å²) in [6, 6.07) is 1.84. The second kappa shape index (κ2) is 5.70. The highest BCUT2D eigenvalue weighted by Crippen LogP contribution is 2.16. The summed E-state index contributed by atoms with van der Waals surface area (Å²) in [5.74, 6) is 0.301. The number of esters is 1. The molecule has 15 heavy (non-hydrogen) atoms. The van der Waals surface area contributed by atoms with Crippen molar-refractivity contribution in [3.63, 3.8) is 0 Å². The minimum Gasteiger partial charge on any atom is -0.469 e. The maximum Gasteiger partial charge on any atom is 0.309 e. The van der Waals surface area contributed by atoms with Crippen molar-refractivity contribution in [1.82, 2.24) is 9.97 Å². The Bertz CT molecular complexity index is 344. The fourth-order valence-corrected chi connectivity index (χ4v) is 1.84. The van der Waals surface area contributed by atoms with E-state index in [-0.39, 0.29) is 11.9 Å². The second-order valence-electron chi connectivity index (χ2n) is 3.22. The lowest BCUT2D eigenvalue weighted by molar-refractivity contribution is -0.143. The van der Waals surface area contributed by atoms with Crippen molar-refractivity contribution in [2.45, 2.75) is 19.0 Å². The van der Waals surface area contributed by atoms with Crippen molar-refractivity contribution < 1.29 is 9.53 Å². The lowest BCUT2D eigenvalue weighted by Crippen LogP contribution is -2.15. The first-order valence-electron chi connectivity index (χ1n) is 4.63. The van der Waals surface area contributed by atoms with Gasteiger partial charge < -0.3 is 4.74 Å². The van der Waals surface area contributed by atoms with Gasteiger partial charge in [-0.1, -0.05) is 18.7 Å². The Morgan fingerprint density at radius 3 is 3.00 bits per heavy atom. The van der Waals surface area contributed by atoms with Crippen LogP contribution >= 0.6 is 11.8 Å². The third-order valence-electron chi connectivity index (χ3n) is 1.84. The molecular formula is C10H14N2O2S. The molecule has 0 spiro atoms. The van der Waals surface area contributed by atoms with Gasteiger partial charge in [0.15, 0.2) is 5.16 Å². The van der Waals surface area contributed by atoms with E-state index >= 15 is 0 Å². The lowest BCUT2D eigenvalue weighted by atomic mass is 10.2. The molecule has 1 aromatic rings. The predicted molar refractivity (Wildman–Crippen MR) is 58.7 cm³/mol. The van der Waals surface area contributed by atoms with Crippen LogP contribution in [0.4, 0.5) is 0 Å². The van der Waals surface area contributed by atoms with Gasteiger partial charge in [-0.3, -0.25) is 4.79 Å². The Morgan fingerprint density at radius 1 is 1.67 bits per heavy atom. The molecule has 0 aliphatic carbocycles. The van der Waals surface area contributed by atoms with Crippen LogP contribution in [0.1, 0.15) is 12.6 Å². The van der Waals surface area contributed by atoms with E-state index in [0.717, 1.165) is 5.69 Å². The summed E-state index contributed by atoms with van der Waals surface area (Å²) in [5, 5.41) is 0.700. The molecule has 1 rings (SSSR count). The zero-order valence-corrected chi connectivity index (χ0v) is 9.87. The van der Waals surface area contributed by atoms with Crippen LogP contribution in [-0.2, 0) is 9.53 Å². The quantitative estimate of drug-likeness (QED) is 0.444. The fraction of sp³-hybridized carbons (Fsp3) is 0.500. The van der Waals surface area contributed by atoms with Crippen molar-refractivity contribution in [2.75, 3.05) is 12.9 Å². The van der Waals surface area contributed by atoms with Crippen LogP contribution in [0.25, 0.3) is 0 Å². The Labute approximate surface area is 93.5 Å². The number of methoxy groups -OCH3 is 1. The Balaban J connectivity index is 2.47. The first-order valence-corrected chi connectivity index (χ1v) is 5.62. The SMILES string of the molecule is COC(=O)C(C)CSc1nccc(C)n1. The summed E-state index contributed by atoms with van der Waals surface area (Å²) >= 11 is 1.46. The number of aromatic nitrogens is 2. The normalized spacial score (nSPS) is 12.2. The molecule has 1 aromatic heterocycles. The number of carbonyl (C=O) groups excluding carboxylic acids is 1. The largest absolute Gasteiger partial charge is 0.469 e. The molecule has 0 saturated heterocycles. The number of ether oxygens (including phenoxy) is 1. The van der Waals surface area contributed by atoms with E-state index in [2.05, 4.69) is 14.7 Å². The number of thioether (sulfide) groups is 1. The molecule has 0 aliphatic rings. The van der Waals surface area contributed by atoms with E-state index in [4.69, 9.17) is 0 Å². The highest BCUT2D eigenvalue weighted by molar-refractivity contribution is 7.99. The van der Waals surface area contributed by atoms with Crippen LogP contribution < -0.4 is 0 Å². The molecule has 0 aromatic carbocycles. The third kappa shape index (κ3) is 3.87. The lowest BCUT2D eigenvalue weighted by Gasteiger charge is -2.07. The molecule has 1 unspecified atom stereocenters. The highest BCUT2D eigenvalue weighted by Gasteiger charge is 2.13. The van der Waals surface area contributed by atoms with Gasteiger partial charge in [0.25, 0.3) is 0 Å². The number of hydrogen-bond donors (Lipinski definition) is 0. The van der Waals surface area contributed by atoms with Gasteiger partial charge >= 0.3 is 5.97 Å². The minimum absolute atomic E-state index is 0.135. The van der Waals surface area contributed by atoms with Crippen LogP contribution in [0.2, 0.25) is 0 Å². The van der Waals surface area contributed by atoms with Gasteiger partial charge in [-0.2, -0.15) is 0 Å². The highest BCUT2D eigenvalue weighted by atomic mass is 32.2. The van der Waals surface area contributed by atoms with Crippen LogP contribution in [-0.4, -0.2) is 28.8 Å². The summed E-state index contributed by atoms with van der Waals surface area (Å²) in [6.45, 7) is 3.74. The molecule has 0 amide bonds. The first kappa shape index (κ1) is 12.0. The molecule has 0 radical (unpaired) electrons. The molecule has 0 N–H and O–H groups in total. The topological polar surface area (TPSA) is 52.1 Å². The average molecular weight is 226 g/mol. The van der Waals surface area contributed by atoms with E-state index in [0.29, 0.717) is 10.9 Å². The Morgan fingerprint density at radius 2 is 2.40 bits per heavy atom. The van der Waals surface area contributed by atoms with Gasteiger partial charge in [-0.15, -0.1) is 0 Å². The van der Waals surface area contributed by atoms with Crippen molar-refractivity contribution in [3.05, 3.63) is 18.0 Å². The van der Waals surface area contributed by atoms with E-state index in [1.165, 1.54) is 18.9 Å². The van der Waals surface area contributed by atoms with Gasteiger partial charge in [-0.25, -0.2) is 9.97 Å². The summed E-state index contributed by atoms with van der Waals surface area (Å²) in [7, 11) is 1.40. The first-order chi connectivity index (χ1) is 7.13. The van der Waals surface area contributed by atoms with Gasteiger partial charge in [0.05, 0.1) is 13.0 Å². The summed E-state index contributed by atoms with van der Waals surface area (Å²) in [4.78, 5) is 19.5. The van der Waals surface area contributed by atoms with Gasteiger partial charge in [0, 0.05) is 17.6 Å². The number of rotatable bonds is 4. The summed E-state index contributed by atoms with van der Waals surface area (Å²) in [5.41, 5.74) is 0.929. The molecule has 0 bridgehead atoms. The third-order valence-corrected chi connectivity index (χ3v) is 2.96. The molecule has 0 aliphatic heterocycles. The Kier molecular flexibility index (Phi) is 4.55. The van der Waals surface area contributed by atoms with E-state index in [9.17, 15) is 4.79 Å². The average Bonchev–Trinajstić information content (AvgIpc) is 2.25. The van der Waals surface area contributed by atoms with Crippen LogP contribution in [0.15, 0.2) is 17.4 Å². The summed E-state index contributed by atoms with van der Waals surface area (Å²) < 4.78 is 4.63. The molecule has 0 saturated carbocycles. The van der Waals surface area contributed by atoms with Crippen LogP contribution in [0.3, 0.4) is 0 Å². The molecule has 4 nitrogen and oxygen atoms in total. The number of carbonyl (C=O) groups is 1. The summed E-state index contributed by atoms with van der Waals surface area (Å²) in [6.07, 6.45) is 1.72. The number of aryl methyl sites for hydroxylation is 1. The van der Waals surface area contributed by atoms with Crippen molar-refractivity contribution in [3.8, 4) is 0 Å². The standard InChI is InChI=1S/C10H14N2O2S/c1-7(9(13)14-3)6-15-10-11-5-4-8(2)12-10/h4-5,7H,6H2,1-3H3. The zero-order valence-electron chi connectivity index (χ0n) is 9.06. The minimum atomic E-state index is -0.199. The zero-order chi connectivity index (χ0) is 11.3. The molecular weight excluding hydrogens is 212 g/mol. The van der Waals surface area contributed by atoms with E-state index < -0.39 is 0 Å². The van der Waals surface area contributed by atoms with Gasteiger partial charge in [-0.05, 0) is 13.0 Å². The maximum atomic E-state index is 11.1. The number of hydrogen-bond acceptors (Lipinski definition) is 5. The molecule has 1 heterocycles. The fourth-order valence-electron chi connectivity index (χ4n) is 0.964. The molecule has 0 fully saturated rings. The Hall–Kier alpha value is -1.10. The van der Waals surface area contributed by atoms with Crippen LogP contribution in [0.5, 0.6) is 0 Å². The second-order valence-corrected chi connectivity index (χ2v) is 4.20. The molecule has 82 valence electrons. The van der Waals surface area contributed by atoms with Crippen molar-refractivity contribution in [2.24, 2.45) is 5.92 Å². The van der Waals surface area contributed by atoms with Crippen molar-refractivity contribution >= 4 is 17.7 Å². The molecule has 5 heteroatoms. The van der Waals surface area contributed by atoms with E-state index in [1.54, 1.807) is 6.20 Å². The van der Waals surface area contributed by atoms with E-state index in [1.807, 2.05) is 19.9 Å². The smallest absolute Gasteiger partial charge is 0.309 e. The maximum absolute atomic E-state index is 11.1. The van der Waals surface area contributed by atoms with Crippen LogP contribution in [0, 0.1) is 12.8 Å². The molecule has 1 atom stereocenters. The number of nitrogens with zero attached hydrogens (tertiary/aromatic N) is 2.